The fraction of sp³-hybridized carbons (Fsp3) is 0.250. The molecule has 0 spiro atoms. The van der Waals surface area contributed by atoms with Gasteiger partial charge in [-0.2, -0.15) is 9.90 Å². The highest BCUT2D eigenvalue weighted by molar-refractivity contribution is 5.99. The van der Waals surface area contributed by atoms with Gasteiger partial charge in [-0.25, -0.2) is 5.43 Å². The fourth-order valence-electron chi connectivity index (χ4n) is 1.49. The van der Waals surface area contributed by atoms with Crippen LogP contribution in [0.25, 0.3) is 0 Å². The van der Waals surface area contributed by atoms with E-state index in [2.05, 4.69) is 25.9 Å². The predicted octanol–water partition coefficient (Wildman–Crippen LogP) is 0.104. The summed E-state index contributed by atoms with van der Waals surface area (Å²) in [4.78, 5) is 12.7. The molecule has 1 aromatic carbocycles. The molecule has 3 N–H and O–H groups in total. The maximum absolute atomic E-state index is 11.6. The molecule has 0 unspecified atom stereocenters. The molecule has 1 amide bonds. The van der Waals surface area contributed by atoms with Crippen LogP contribution in [0.3, 0.4) is 0 Å². The van der Waals surface area contributed by atoms with E-state index in [-0.39, 0.29) is 18.4 Å². The van der Waals surface area contributed by atoms with Crippen molar-refractivity contribution < 1.29 is 4.79 Å². The quantitative estimate of drug-likeness (QED) is 0.606. The Hall–Kier alpha value is -2.77. The van der Waals surface area contributed by atoms with E-state index >= 15 is 0 Å². The van der Waals surface area contributed by atoms with E-state index in [1.807, 2.05) is 38.1 Å². The van der Waals surface area contributed by atoms with E-state index in [1.54, 1.807) is 0 Å². The van der Waals surface area contributed by atoms with Gasteiger partial charge < -0.3 is 5.73 Å². The number of amides is 1. The number of nitrogen functional groups attached to an aromatic ring is 1. The maximum atomic E-state index is 11.6. The molecular weight excluding hydrogens is 258 g/mol. The van der Waals surface area contributed by atoms with Crippen molar-refractivity contribution in [2.24, 2.45) is 5.10 Å². The average Bonchev–Trinajstić information content (AvgIpc) is 2.82. The second-order valence-electron chi connectivity index (χ2n) is 4.28. The molecule has 1 aromatic heterocycles. The number of nitrogens with two attached hydrogens (primary N) is 1. The average molecular weight is 273 g/mol. The molecule has 0 bridgehead atoms. The van der Waals surface area contributed by atoms with Crippen molar-refractivity contribution in [2.75, 3.05) is 5.73 Å². The summed E-state index contributed by atoms with van der Waals surface area (Å²) in [5.41, 5.74) is 10.6. The largest absolute Gasteiger partial charge is 0.365 e. The standard InChI is InChI=1S/C12H15N7O/c1-8-3-5-10(6-4-8)9(2)14-15-11(20)7-19-17-12(13)16-18-19/h3-6H,7H2,1-2H3,(H2,13,17)(H,15,20). The van der Waals surface area contributed by atoms with Crippen molar-refractivity contribution in [3.63, 3.8) is 0 Å². The van der Waals surface area contributed by atoms with Gasteiger partial charge in [0.15, 0.2) is 0 Å². The highest BCUT2D eigenvalue weighted by Gasteiger charge is 2.05. The Balaban J connectivity index is 1.94. The molecule has 0 atom stereocenters. The summed E-state index contributed by atoms with van der Waals surface area (Å²) in [5.74, 6) is -0.328. The van der Waals surface area contributed by atoms with Gasteiger partial charge in [-0.05, 0) is 24.6 Å². The Morgan fingerprint density at radius 3 is 2.70 bits per heavy atom. The number of rotatable bonds is 4. The number of carbonyl (C=O) groups is 1. The van der Waals surface area contributed by atoms with Crippen molar-refractivity contribution in [1.29, 1.82) is 0 Å². The lowest BCUT2D eigenvalue weighted by Gasteiger charge is -2.03. The lowest BCUT2D eigenvalue weighted by Crippen LogP contribution is -2.25. The van der Waals surface area contributed by atoms with Crippen molar-refractivity contribution >= 4 is 17.6 Å². The van der Waals surface area contributed by atoms with Gasteiger partial charge in [0.05, 0.1) is 5.71 Å². The van der Waals surface area contributed by atoms with Crippen molar-refractivity contribution in [3.8, 4) is 0 Å². The lowest BCUT2D eigenvalue weighted by atomic mass is 10.1. The molecule has 104 valence electrons. The third kappa shape index (κ3) is 3.61. The molecule has 0 aliphatic carbocycles. The molecule has 2 rings (SSSR count). The first-order valence-corrected chi connectivity index (χ1v) is 5.98. The number of anilines is 1. The SMILES string of the molecule is CC(=NNC(=O)Cn1nnc(N)n1)c1ccc(C)cc1. The second kappa shape index (κ2) is 5.91. The van der Waals surface area contributed by atoms with Crippen LogP contribution in [-0.2, 0) is 11.3 Å². The highest BCUT2D eigenvalue weighted by atomic mass is 16.2. The minimum Gasteiger partial charge on any atom is -0.365 e. The molecule has 0 aliphatic rings. The smallest absolute Gasteiger partial charge is 0.263 e. The first-order valence-electron chi connectivity index (χ1n) is 5.98. The summed E-state index contributed by atoms with van der Waals surface area (Å²) in [6, 6.07) is 7.86. The van der Waals surface area contributed by atoms with Crippen molar-refractivity contribution in [2.45, 2.75) is 20.4 Å². The lowest BCUT2D eigenvalue weighted by molar-refractivity contribution is -0.122. The van der Waals surface area contributed by atoms with Gasteiger partial charge in [0.2, 0.25) is 0 Å². The number of hydrogen-bond acceptors (Lipinski definition) is 6. The summed E-state index contributed by atoms with van der Waals surface area (Å²) in [6.07, 6.45) is 0. The Labute approximate surface area is 115 Å². The number of tetrazole rings is 1. The van der Waals surface area contributed by atoms with Gasteiger partial charge in [0, 0.05) is 0 Å². The number of nitrogens with zero attached hydrogens (tertiary/aromatic N) is 5. The Morgan fingerprint density at radius 1 is 1.40 bits per heavy atom. The number of carbonyl (C=O) groups excluding carboxylic acids is 1. The summed E-state index contributed by atoms with van der Waals surface area (Å²) in [6.45, 7) is 3.74. The molecule has 2 aromatic rings. The van der Waals surface area contributed by atoms with Crippen molar-refractivity contribution in [3.05, 3.63) is 35.4 Å². The summed E-state index contributed by atoms with van der Waals surface area (Å²) in [7, 11) is 0. The molecule has 20 heavy (non-hydrogen) atoms. The second-order valence-corrected chi connectivity index (χ2v) is 4.28. The topological polar surface area (TPSA) is 111 Å². The fourth-order valence-corrected chi connectivity index (χ4v) is 1.49. The van der Waals surface area contributed by atoms with E-state index in [0.717, 1.165) is 10.4 Å². The molecule has 0 radical (unpaired) electrons. The van der Waals surface area contributed by atoms with Crippen LogP contribution in [0.2, 0.25) is 0 Å². The molecule has 0 saturated heterocycles. The van der Waals surface area contributed by atoms with Crippen LogP contribution in [0.15, 0.2) is 29.4 Å². The minimum atomic E-state index is -0.353. The van der Waals surface area contributed by atoms with E-state index in [4.69, 9.17) is 5.73 Å². The third-order valence-corrected chi connectivity index (χ3v) is 2.57. The molecular formula is C12H15N7O. The normalized spacial score (nSPS) is 11.4. The first-order chi connectivity index (χ1) is 9.54. The van der Waals surface area contributed by atoms with E-state index in [9.17, 15) is 4.79 Å². The van der Waals surface area contributed by atoms with Crippen LogP contribution in [0.4, 0.5) is 5.95 Å². The molecule has 8 nitrogen and oxygen atoms in total. The summed E-state index contributed by atoms with van der Waals surface area (Å²) in [5, 5.41) is 14.8. The van der Waals surface area contributed by atoms with Crippen LogP contribution in [-0.4, -0.2) is 31.8 Å². The van der Waals surface area contributed by atoms with E-state index < -0.39 is 0 Å². The van der Waals surface area contributed by atoms with Gasteiger partial charge in [-0.3, -0.25) is 4.79 Å². The van der Waals surface area contributed by atoms with E-state index in [1.165, 1.54) is 5.56 Å². The molecule has 0 fully saturated rings. The molecule has 1 heterocycles. The number of aromatic nitrogens is 4. The molecule has 0 saturated carbocycles. The molecule has 0 aliphatic heterocycles. The number of aryl methyl sites for hydroxylation is 1. The molecule has 8 heteroatoms. The van der Waals surface area contributed by atoms with Crippen LogP contribution in [0.1, 0.15) is 18.1 Å². The Morgan fingerprint density at radius 2 is 2.10 bits per heavy atom. The monoisotopic (exact) mass is 273 g/mol. The summed E-state index contributed by atoms with van der Waals surface area (Å²) < 4.78 is 0. The van der Waals surface area contributed by atoms with E-state index in [0.29, 0.717) is 5.71 Å². The van der Waals surface area contributed by atoms with Crippen LogP contribution in [0, 0.1) is 6.92 Å². The first kappa shape index (κ1) is 13.7. The number of hydrazone groups is 1. The predicted molar refractivity (Wildman–Crippen MR) is 73.8 cm³/mol. The zero-order chi connectivity index (χ0) is 14.5. The Bertz CT molecular complexity index is 630. The van der Waals surface area contributed by atoms with Crippen LogP contribution < -0.4 is 11.2 Å². The van der Waals surface area contributed by atoms with Gasteiger partial charge in [0.25, 0.3) is 11.9 Å². The zero-order valence-electron chi connectivity index (χ0n) is 11.2. The van der Waals surface area contributed by atoms with Crippen LogP contribution in [0.5, 0.6) is 0 Å². The van der Waals surface area contributed by atoms with Gasteiger partial charge in [-0.1, -0.05) is 34.9 Å². The third-order valence-electron chi connectivity index (χ3n) is 2.57. The van der Waals surface area contributed by atoms with Crippen molar-refractivity contribution in [1.82, 2.24) is 25.6 Å². The van der Waals surface area contributed by atoms with Crippen LogP contribution >= 0.6 is 0 Å². The van der Waals surface area contributed by atoms with Gasteiger partial charge >= 0.3 is 0 Å². The number of benzene rings is 1. The number of hydrogen-bond donors (Lipinski definition) is 2. The Kier molecular flexibility index (Phi) is 4.04. The summed E-state index contributed by atoms with van der Waals surface area (Å²) >= 11 is 0. The zero-order valence-corrected chi connectivity index (χ0v) is 11.2. The number of nitrogens with one attached hydrogen (secondary N) is 1. The van der Waals surface area contributed by atoms with Gasteiger partial charge in [0.1, 0.15) is 6.54 Å². The maximum Gasteiger partial charge on any atom is 0.263 e. The highest BCUT2D eigenvalue weighted by Crippen LogP contribution is 2.04. The minimum absolute atomic E-state index is 0.0251. The van der Waals surface area contributed by atoms with Gasteiger partial charge in [-0.15, -0.1) is 5.10 Å².